The third-order valence-electron chi connectivity index (χ3n) is 3.25. The van der Waals surface area contributed by atoms with Crippen LogP contribution in [0.3, 0.4) is 0 Å². The van der Waals surface area contributed by atoms with Crippen molar-refractivity contribution in [2.75, 3.05) is 20.3 Å². The van der Waals surface area contributed by atoms with E-state index in [0.29, 0.717) is 22.3 Å². The average molecular weight is 503 g/mol. The van der Waals surface area contributed by atoms with Crippen LogP contribution in [-0.2, 0) is 9.59 Å². The number of halogens is 2. The van der Waals surface area contributed by atoms with E-state index < -0.39 is 11.8 Å². The SMILES string of the molecule is COc1ccc(OCC(=O)NNC(=S)NC(=O)COc2ccc(Br)cc2Cl)cc1. The summed E-state index contributed by atoms with van der Waals surface area (Å²) in [5.74, 6) is 0.518. The standard InChI is InChI=1S/C18H17BrClN3O5S/c1-26-12-3-5-13(6-4-12)27-10-17(25)22-23-18(29)21-16(24)9-28-15-7-2-11(19)8-14(15)20/h2-8H,9-10H2,1H3,(H,22,25)(H2,21,23,24,29). The van der Waals surface area contributed by atoms with Crippen LogP contribution in [-0.4, -0.2) is 37.3 Å². The van der Waals surface area contributed by atoms with Gasteiger partial charge in [-0.25, -0.2) is 0 Å². The van der Waals surface area contributed by atoms with Crippen LogP contribution in [0.5, 0.6) is 17.2 Å². The van der Waals surface area contributed by atoms with Crippen LogP contribution in [0.1, 0.15) is 0 Å². The van der Waals surface area contributed by atoms with E-state index in [1.54, 1.807) is 49.6 Å². The highest BCUT2D eigenvalue weighted by Gasteiger charge is 2.09. The minimum atomic E-state index is -0.523. The van der Waals surface area contributed by atoms with E-state index in [4.69, 9.17) is 38.0 Å². The predicted octanol–water partition coefficient (Wildman–Crippen LogP) is 2.59. The predicted molar refractivity (Wildman–Crippen MR) is 115 cm³/mol. The first-order valence-corrected chi connectivity index (χ1v) is 9.68. The van der Waals surface area contributed by atoms with Gasteiger partial charge in [-0.2, -0.15) is 0 Å². The van der Waals surface area contributed by atoms with Gasteiger partial charge in [0.2, 0.25) is 0 Å². The summed E-state index contributed by atoms with van der Waals surface area (Å²) in [6, 6.07) is 11.8. The minimum Gasteiger partial charge on any atom is -0.497 e. The Morgan fingerprint density at radius 2 is 1.66 bits per heavy atom. The quantitative estimate of drug-likeness (QED) is 0.395. The Hall–Kier alpha value is -2.56. The molecule has 0 unspecified atom stereocenters. The number of nitrogens with one attached hydrogen (secondary N) is 3. The smallest absolute Gasteiger partial charge is 0.276 e. The Morgan fingerprint density at radius 1 is 1.00 bits per heavy atom. The number of thiocarbonyl (C=S) groups is 1. The van der Waals surface area contributed by atoms with E-state index in [9.17, 15) is 9.59 Å². The van der Waals surface area contributed by atoms with Gasteiger partial charge in [0.1, 0.15) is 17.2 Å². The maximum atomic E-state index is 11.8. The number of benzene rings is 2. The second-order valence-corrected chi connectivity index (χ2v) is 7.11. The maximum Gasteiger partial charge on any atom is 0.276 e. The van der Waals surface area contributed by atoms with Crippen molar-refractivity contribution in [1.29, 1.82) is 0 Å². The summed E-state index contributed by atoms with van der Waals surface area (Å²) >= 11 is 14.2. The van der Waals surface area contributed by atoms with Gasteiger partial charge in [-0.3, -0.25) is 25.8 Å². The van der Waals surface area contributed by atoms with Crippen LogP contribution in [0, 0.1) is 0 Å². The number of carbonyl (C=O) groups excluding carboxylic acids is 2. The van der Waals surface area contributed by atoms with Gasteiger partial charge < -0.3 is 14.2 Å². The highest BCUT2D eigenvalue weighted by molar-refractivity contribution is 9.10. The molecule has 2 aromatic rings. The fraction of sp³-hybridized carbons (Fsp3) is 0.167. The second-order valence-electron chi connectivity index (χ2n) is 5.38. The summed E-state index contributed by atoms with van der Waals surface area (Å²) in [6.45, 7) is -0.557. The van der Waals surface area contributed by atoms with Gasteiger partial charge in [0.25, 0.3) is 11.8 Å². The molecule has 0 bridgehead atoms. The van der Waals surface area contributed by atoms with Gasteiger partial charge >= 0.3 is 0 Å². The summed E-state index contributed by atoms with van der Waals surface area (Å²) < 4.78 is 16.5. The van der Waals surface area contributed by atoms with Crippen molar-refractivity contribution < 1.29 is 23.8 Å². The topological polar surface area (TPSA) is 97.9 Å². The van der Waals surface area contributed by atoms with Crippen LogP contribution in [0.4, 0.5) is 0 Å². The van der Waals surface area contributed by atoms with Crippen LogP contribution in [0.15, 0.2) is 46.9 Å². The first-order chi connectivity index (χ1) is 13.9. The molecule has 2 amide bonds. The Bertz CT molecular complexity index is 882. The molecular formula is C18H17BrClN3O5S. The Labute approximate surface area is 185 Å². The van der Waals surface area contributed by atoms with E-state index >= 15 is 0 Å². The van der Waals surface area contributed by atoms with E-state index in [2.05, 4.69) is 32.1 Å². The average Bonchev–Trinajstić information content (AvgIpc) is 2.70. The molecule has 2 aromatic carbocycles. The number of carbonyl (C=O) groups is 2. The molecular weight excluding hydrogens is 486 g/mol. The van der Waals surface area contributed by atoms with Crippen LogP contribution in [0.25, 0.3) is 0 Å². The van der Waals surface area contributed by atoms with Crippen LogP contribution in [0.2, 0.25) is 5.02 Å². The van der Waals surface area contributed by atoms with Gasteiger partial charge in [0.05, 0.1) is 12.1 Å². The van der Waals surface area contributed by atoms with Gasteiger partial charge in [-0.15, -0.1) is 0 Å². The third-order valence-corrected chi connectivity index (χ3v) is 4.24. The monoisotopic (exact) mass is 501 g/mol. The number of ether oxygens (including phenoxy) is 3. The number of hydrazine groups is 1. The van der Waals surface area contributed by atoms with Crippen molar-refractivity contribution in [3.8, 4) is 17.2 Å². The summed E-state index contributed by atoms with van der Waals surface area (Å²) in [5, 5.41) is 2.62. The summed E-state index contributed by atoms with van der Waals surface area (Å²) in [6.07, 6.45) is 0. The van der Waals surface area contributed by atoms with Gasteiger partial charge in [0, 0.05) is 4.47 Å². The largest absolute Gasteiger partial charge is 0.497 e. The second kappa shape index (κ2) is 11.4. The summed E-state index contributed by atoms with van der Waals surface area (Å²) in [7, 11) is 1.55. The maximum absolute atomic E-state index is 11.8. The Balaban J connectivity index is 1.66. The molecule has 0 saturated carbocycles. The molecule has 8 nitrogen and oxygen atoms in total. The van der Waals surface area contributed by atoms with E-state index in [1.165, 1.54) is 0 Å². The fourth-order valence-electron chi connectivity index (χ4n) is 1.91. The molecule has 0 aromatic heterocycles. The normalized spacial score (nSPS) is 9.90. The lowest BCUT2D eigenvalue weighted by atomic mass is 10.3. The van der Waals surface area contributed by atoms with Crippen molar-refractivity contribution >= 4 is 56.7 Å². The third kappa shape index (κ3) is 8.14. The number of amides is 2. The molecule has 3 N–H and O–H groups in total. The molecule has 0 aliphatic rings. The van der Waals surface area contributed by atoms with Gasteiger partial charge in [-0.05, 0) is 54.7 Å². The lowest BCUT2D eigenvalue weighted by Gasteiger charge is -2.12. The first kappa shape index (κ1) is 22.7. The molecule has 0 atom stereocenters. The zero-order valence-corrected chi connectivity index (χ0v) is 18.3. The highest BCUT2D eigenvalue weighted by atomic mass is 79.9. The summed E-state index contributed by atoms with van der Waals surface area (Å²) in [5.41, 5.74) is 4.71. The zero-order chi connectivity index (χ0) is 21.2. The van der Waals surface area contributed by atoms with Gasteiger partial charge in [0.15, 0.2) is 18.3 Å². The Kier molecular flexibility index (Phi) is 8.97. The van der Waals surface area contributed by atoms with Crippen molar-refractivity contribution in [2.24, 2.45) is 0 Å². The first-order valence-electron chi connectivity index (χ1n) is 8.10. The van der Waals surface area contributed by atoms with Crippen LogP contribution >= 0.6 is 39.7 Å². The fourth-order valence-corrected chi connectivity index (χ4v) is 2.81. The zero-order valence-electron chi connectivity index (χ0n) is 15.2. The number of rotatable bonds is 7. The molecule has 0 spiro atoms. The molecule has 0 aliphatic carbocycles. The number of methoxy groups -OCH3 is 1. The van der Waals surface area contributed by atoms with Crippen molar-refractivity contribution in [3.05, 3.63) is 52.0 Å². The number of hydrogen-bond donors (Lipinski definition) is 3. The Morgan fingerprint density at radius 3 is 2.31 bits per heavy atom. The van der Waals surface area contributed by atoms with Gasteiger partial charge in [-0.1, -0.05) is 27.5 Å². The molecule has 0 radical (unpaired) electrons. The molecule has 0 saturated heterocycles. The highest BCUT2D eigenvalue weighted by Crippen LogP contribution is 2.27. The molecule has 29 heavy (non-hydrogen) atoms. The molecule has 0 fully saturated rings. The molecule has 154 valence electrons. The minimum absolute atomic E-state index is 0.0988. The molecule has 11 heteroatoms. The van der Waals surface area contributed by atoms with E-state index in [0.717, 1.165) is 4.47 Å². The van der Waals surface area contributed by atoms with E-state index in [1.807, 2.05) is 0 Å². The summed E-state index contributed by atoms with van der Waals surface area (Å²) in [4.78, 5) is 23.6. The molecule has 0 heterocycles. The van der Waals surface area contributed by atoms with Crippen LogP contribution < -0.4 is 30.4 Å². The van der Waals surface area contributed by atoms with E-state index in [-0.39, 0.29) is 18.3 Å². The van der Waals surface area contributed by atoms with Crippen molar-refractivity contribution in [3.63, 3.8) is 0 Å². The lowest BCUT2D eigenvalue weighted by molar-refractivity contribution is -0.124. The lowest BCUT2D eigenvalue weighted by Crippen LogP contribution is -2.50. The molecule has 2 rings (SSSR count). The van der Waals surface area contributed by atoms with Crippen molar-refractivity contribution in [2.45, 2.75) is 0 Å². The number of hydrogen-bond acceptors (Lipinski definition) is 6. The van der Waals surface area contributed by atoms with Crippen molar-refractivity contribution in [1.82, 2.24) is 16.2 Å². The molecule has 0 aliphatic heterocycles.